The molecule has 0 aromatic rings. The van der Waals surface area contributed by atoms with Crippen molar-refractivity contribution in [3.8, 4) is 0 Å². The Kier molecular flexibility index (Phi) is 8.89. The molecule has 0 amide bonds. The highest BCUT2D eigenvalue weighted by atomic mass is 16.5. The van der Waals surface area contributed by atoms with Crippen LogP contribution in [0.4, 0.5) is 0 Å². The molecule has 0 radical (unpaired) electrons. The molecule has 0 saturated heterocycles. The second-order valence-electron chi connectivity index (χ2n) is 3.79. The molecule has 0 spiro atoms. The van der Waals surface area contributed by atoms with Gasteiger partial charge in [-0.15, -0.1) is 0 Å². The monoisotopic (exact) mass is 201 g/mol. The van der Waals surface area contributed by atoms with Crippen LogP contribution >= 0.6 is 0 Å². The maximum atomic E-state index is 11.2. The van der Waals surface area contributed by atoms with Crippen LogP contribution in [0.1, 0.15) is 32.6 Å². The van der Waals surface area contributed by atoms with Crippen LogP contribution in [-0.2, 0) is 9.53 Å². The first-order valence-electron chi connectivity index (χ1n) is 5.41. The molecule has 14 heavy (non-hydrogen) atoms. The van der Waals surface area contributed by atoms with E-state index in [2.05, 4.69) is 19.0 Å². The second kappa shape index (κ2) is 9.16. The Balaban J connectivity index is 3.15. The van der Waals surface area contributed by atoms with Crippen LogP contribution < -0.4 is 0 Å². The number of hydrogen-bond acceptors (Lipinski definition) is 3. The van der Waals surface area contributed by atoms with Crippen molar-refractivity contribution >= 4 is 5.78 Å². The van der Waals surface area contributed by atoms with E-state index in [-0.39, 0.29) is 5.78 Å². The van der Waals surface area contributed by atoms with E-state index < -0.39 is 0 Å². The van der Waals surface area contributed by atoms with Gasteiger partial charge in [0.1, 0.15) is 6.61 Å². The quantitative estimate of drug-likeness (QED) is 0.532. The lowest BCUT2D eigenvalue weighted by Gasteiger charge is -2.08. The van der Waals surface area contributed by atoms with Crippen molar-refractivity contribution in [1.29, 1.82) is 0 Å². The number of Topliss-reactive ketones (excluding diaryl/α,β-unsaturated/α-hetero) is 1. The van der Waals surface area contributed by atoms with Gasteiger partial charge in [0.2, 0.25) is 0 Å². The molecule has 0 aliphatic rings. The standard InChI is InChI=1S/C11H23NO2/c1-4-14-10-11(13)8-6-5-7-9-12(2)3/h4-10H2,1-3H3. The van der Waals surface area contributed by atoms with Gasteiger partial charge in [0, 0.05) is 13.0 Å². The van der Waals surface area contributed by atoms with Crippen LogP contribution in [-0.4, -0.2) is 44.5 Å². The number of carbonyl (C=O) groups excluding carboxylic acids is 1. The first-order chi connectivity index (χ1) is 6.66. The van der Waals surface area contributed by atoms with Crippen LogP contribution in [0.2, 0.25) is 0 Å². The van der Waals surface area contributed by atoms with Crippen LogP contribution in [0.15, 0.2) is 0 Å². The van der Waals surface area contributed by atoms with Crippen molar-refractivity contribution in [1.82, 2.24) is 4.90 Å². The predicted molar refractivity (Wildman–Crippen MR) is 58.5 cm³/mol. The Bertz CT molecular complexity index is 146. The van der Waals surface area contributed by atoms with Gasteiger partial charge in [-0.05, 0) is 40.4 Å². The molecule has 0 N–H and O–H groups in total. The van der Waals surface area contributed by atoms with E-state index in [9.17, 15) is 4.79 Å². The van der Waals surface area contributed by atoms with Crippen molar-refractivity contribution in [2.24, 2.45) is 0 Å². The highest BCUT2D eigenvalue weighted by molar-refractivity contribution is 5.79. The first kappa shape index (κ1) is 13.6. The fraction of sp³-hybridized carbons (Fsp3) is 0.909. The molecule has 0 aliphatic carbocycles. The molecule has 0 aromatic carbocycles. The molecule has 0 heterocycles. The van der Waals surface area contributed by atoms with E-state index in [0.717, 1.165) is 19.4 Å². The van der Waals surface area contributed by atoms with Crippen molar-refractivity contribution in [2.45, 2.75) is 32.6 Å². The largest absolute Gasteiger partial charge is 0.374 e. The number of unbranched alkanes of at least 4 members (excludes halogenated alkanes) is 2. The summed E-state index contributed by atoms with van der Waals surface area (Å²) in [5, 5.41) is 0. The molecule has 0 unspecified atom stereocenters. The molecule has 0 aliphatic heterocycles. The Morgan fingerprint density at radius 1 is 1.21 bits per heavy atom. The third-order valence-corrected chi connectivity index (χ3v) is 2.03. The van der Waals surface area contributed by atoms with E-state index in [1.807, 2.05) is 6.92 Å². The summed E-state index contributed by atoms with van der Waals surface area (Å²) in [7, 11) is 4.14. The zero-order chi connectivity index (χ0) is 10.8. The normalized spacial score (nSPS) is 10.9. The molecule has 3 heteroatoms. The number of hydrogen-bond donors (Lipinski definition) is 0. The lowest BCUT2D eigenvalue weighted by Crippen LogP contribution is -2.13. The topological polar surface area (TPSA) is 29.5 Å². The summed E-state index contributed by atoms with van der Waals surface area (Å²) in [6.07, 6.45) is 3.98. The molecular formula is C11H23NO2. The molecule has 84 valence electrons. The first-order valence-corrected chi connectivity index (χ1v) is 5.41. The molecule has 0 rings (SSSR count). The van der Waals surface area contributed by atoms with Crippen molar-refractivity contribution in [3.63, 3.8) is 0 Å². The minimum Gasteiger partial charge on any atom is -0.374 e. The average molecular weight is 201 g/mol. The molecule has 0 aromatic heterocycles. The van der Waals surface area contributed by atoms with E-state index in [1.54, 1.807) is 0 Å². The summed E-state index contributed by atoms with van der Waals surface area (Å²) < 4.78 is 5.03. The number of rotatable bonds is 9. The average Bonchev–Trinajstić information content (AvgIpc) is 2.13. The third-order valence-electron chi connectivity index (χ3n) is 2.03. The Labute approximate surface area is 87.4 Å². The van der Waals surface area contributed by atoms with E-state index in [4.69, 9.17) is 4.74 Å². The minimum absolute atomic E-state index is 0.233. The second-order valence-corrected chi connectivity index (χ2v) is 3.79. The van der Waals surface area contributed by atoms with E-state index >= 15 is 0 Å². The predicted octanol–water partition coefficient (Wildman–Crippen LogP) is 1.71. The van der Waals surface area contributed by atoms with Crippen molar-refractivity contribution in [2.75, 3.05) is 33.9 Å². The van der Waals surface area contributed by atoms with Gasteiger partial charge in [-0.25, -0.2) is 0 Å². The van der Waals surface area contributed by atoms with E-state index in [0.29, 0.717) is 19.6 Å². The highest BCUT2D eigenvalue weighted by Gasteiger charge is 2.00. The minimum atomic E-state index is 0.233. The summed E-state index contributed by atoms with van der Waals surface area (Å²) in [5.74, 6) is 0.233. The summed E-state index contributed by atoms with van der Waals surface area (Å²) in [6.45, 7) is 3.95. The van der Waals surface area contributed by atoms with Gasteiger partial charge in [-0.3, -0.25) is 4.79 Å². The fourth-order valence-corrected chi connectivity index (χ4v) is 1.22. The Morgan fingerprint density at radius 3 is 2.50 bits per heavy atom. The third kappa shape index (κ3) is 9.68. The van der Waals surface area contributed by atoms with Gasteiger partial charge in [0.15, 0.2) is 5.78 Å². The van der Waals surface area contributed by atoms with Crippen LogP contribution in [0.5, 0.6) is 0 Å². The Morgan fingerprint density at radius 2 is 1.93 bits per heavy atom. The maximum Gasteiger partial charge on any atom is 0.158 e. The summed E-state index contributed by atoms with van der Waals surface area (Å²) in [5.41, 5.74) is 0. The van der Waals surface area contributed by atoms with Gasteiger partial charge < -0.3 is 9.64 Å². The number of ketones is 1. The van der Waals surface area contributed by atoms with Crippen LogP contribution in [0, 0.1) is 0 Å². The van der Waals surface area contributed by atoms with E-state index in [1.165, 1.54) is 6.42 Å². The fourth-order valence-electron chi connectivity index (χ4n) is 1.22. The molecule has 0 atom stereocenters. The van der Waals surface area contributed by atoms with Crippen LogP contribution in [0.3, 0.4) is 0 Å². The van der Waals surface area contributed by atoms with Crippen molar-refractivity contribution in [3.05, 3.63) is 0 Å². The van der Waals surface area contributed by atoms with Gasteiger partial charge in [0.05, 0.1) is 0 Å². The number of carbonyl (C=O) groups is 1. The van der Waals surface area contributed by atoms with Gasteiger partial charge in [-0.1, -0.05) is 6.42 Å². The lowest BCUT2D eigenvalue weighted by atomic mass is 10.1. The summed E-state index contributed by atoms with van der Waals surface area (Å²) in [6, 6.07) is 0. The molecule has 0 saturated carbocycles. The Hall–Kier alpha value is -0.410. The highest BCUT2D eigenvalue weighted by Crippen LogP contribution is 2.01. The molecular weight excluding hydrogens is 178 g/mol. The SMILES string of the molecule is CCOCC(=O)CCCCCN(C)C. The van der Waals surface area contributed by atoms with Gasteiger partial charge in [-0.2, -0.15) is 0 Å². The number of ether oxygens (including phenoxy) is 1. The van der Waals surface area contributed by atoms with Crippen molar-refractivity contribution < 1.29 is 9.53 Å². The zero-order valence-electron chi connectivity index (χ0n) is 9.71. The smallest absolute Gasteiger partial charge is 0.158 e. The van der Waals surface area contributed by atoms with Crippen LogP contribution in [0.25, 0.3) is 0 Å². The summed E-state index contributed by atoms with van der Waals surface area (Å²) >= 11 is 0. The zero-order valence-corrected chi connectivity index (χ0v) is 9.71. The van der Waals surface area contributed by atoms with Gasteiger partial charge >= 0.3 is 0 Å². The van der Waals surface area contributed by atoms with Gasteiger partial charge in [0.25, 0.3) is 0 Å². The molecule has 0 fully saturated rings. The lowest BCUT2D eigenvalue weighted by molar-refractivity contribution is -0.123. The number of nitrogens with zero attached hydrogens (tertiary/aromatic N) is 1. The molecule has 0 bridgehead atoms. The summed E-state index contributed by atoms with van der Waals surface area (Å²) in [4.78, 5) is 13.3. The molecule has 3 nitrogen and oxygen atoms in total. The maximum absolute atomic E-state index is 11.2.